The number of carboxylic acid groups (broad SMARTS) is 1. The lowest BCUT2D eigenvalue weighted by Crippen LogP contribution is -2.44. The van der Waals surface area contributed by atoms with E-state index in [4.69, 9.17) is 15.6 Å². The van der Waals surface area contributed by atoms with Crippen LogP contribution in [0.4, 0.5) is 14.9 Å². The van der Waals surface area contributed by atoms with Crippen molar-refractivity contribution in [3.05, 3.63) is 29.6 Å². The molecule has 0 bridgehead atoms. The van der Waals surface area contributed by atoms with Crippen molar-refractivity contribution in [2.24, 2.45) is 0 Å². The Morgan fingerprint density at radius 2 is 2.05 bits per heavy atom. The molecule has 116 valence electrons. The number of benzene rings is 1. The van der Waals surface area contributed by atoms with Crippen LogP contribution in [0.2, 0.25) is 0 Å². The van der Waals surface area contributed by atoms with Crippen molar-refractivity contribution in [2.45, 2.75) is 38.8 Å². The van der Waals surface area contributed by atoms with E-state index in [1.807, 2.05) is 0 Å². The quantitative estimate of drug-likeness (QED) is 0.737. The third-order valence-corrected chi connectivity index (χ3v) is 2.49. The Bertz CT molecular complexity index is 540. The van der Waals surface area contributed by atoms with Gasteiger partial charge in [0.1, 0.15) is 17.5 Å². The first kappa shape index (κ1) is 16.7. The second-order valence-electron chi connectivity index (χ2n) is 5.60. The van der Waals surface area contributed by atoms with E-state index in [0.29, 0.717) is 5.56 Å². The molecular weight excluding hydrogens is 279 g/mol. The summed E-state index contributed by atoms with van der Waals surface area (Å²) < 4.78 is 18.3. The molecule has 7 heteroatoms. The average molecular weight is 298 g/mol. The van der Waals surface area contributed by atoms with Crippen molar-refractivity contribution in [1.82, 2.24) is 5.32 Å². The highest BCUT2D eigenvalue weighted by molar-refractivity contribution is 5.80. The normalized spacial score (nSPS) is 12.6. The molecule has 1 aromatic carbocycles. The molecule has 0 saturated carbocycles. The maximum atomic E-state index is 13.3. The van der Waals surface area contributed by atoms with Crippen LogP contribution in [-0.4, -0.2) is 28.8 Å². The molecule has 0 aliphatic rings. The predicted octanol–water partition coefficient (Wildman–Crippen LogP) is 1.93. The van der Waals surface area contributed by atoms with Crippen LogP contribution in [0.5, 0.6) is 0 Å². The van der Waals surface area contributed by atoms with E-state index in [1.54, 1.807) is 20.8 Å². The number of alkyl carbamates (subject to hydrolysis) is 1. The number of halogens is 1. The van der Waals surface area contributed by atoms with Crippen LogP contribution in [0.1, 0.15) is 26.3 Å². The van der Waals surface area contributed by atoms with Crippen LogP contribution in [0, 0.1) is 5.82 Å². The molecule has 0 fully saturated rings. The first-order chi connectivity index (χ1) is 9.58. The van der Waals surface area contributed by atoms with Gasteiger partial charge in [0.15, 0.2) is 0 Å². The Labute approximate surface area is 122 Å². The molecule has 0 spiro atoms. The summed E-state index contributed by atoms with van der Waals surface area (Å²) in [6, 6.07) is 2.77. The summed E-state index contributed by atoms with van der Waals surface area (Å²) in [7, 11) is 0. The molecule has 1 aromatic rings. The number of nitrogen functional groups attached to an aromatic ring is 1. The standard InChI is InChI=1S/C14H19FN2O4/c1-14(2,3)21-13(20)17-11(12(18)19)7-8-4-5-10(16)9(15)6-8/h4-6,11H,7,16H2,1-3H3,(H,17,20)(H,18,19)/t11-/m1/s1. The van der Waals surface area contributed by atoms with Crippen LogP contribution >= 0.6 is 0 Å². The largest absolute Gasteiger partial charge is 0.480 e. The molecule has 0 radical (unpaired) electrons. The Hall–Kier alpha value is -2.31. The van der Waals surface area contributed by atoms with E-state index < -0.39 is 29.5 Å². The highest BCUT2D eigenvalue weighted by Crippen LogP contribution is 2.14. The van der Waals surface area contributed by atoms with Crippen LogP contribution < -0.4 is 11.1 Å². The smallest absolute Gasteiger partial charge is 0.408 e. The summed E-state index contributed by atoms with van der Waals surface area (Å²) >= 11 is 0. The maximum absolute atomic E-state index is 13.3. The molecule has 0 aromatic heterocycles. The fraction of sp³-hybridized carbons (Fsp3) is 0.429. The summed E-state index contributed by atoms with van der Waals surface area (Å²) in [5.41, 5.74) is 5.00. The summed E-state index contributed by atoms with van der Waals surface area (Å²) in [4.78, 5) is 22.8. The van der Waals surface area contributed by atoms with E-state index in [1.165, 1.54) is 12.1 Å². The molecule has 0 aliphatic heterocycles. The maximum Gasteiger partial charge on any atom is 0.408 e. The second-order valence-corrected chi connectivity index (χ2v) is 5.60. The number of carbonyl (C=O) groups is 2. The number of hydrogen-bond acceptors (Lipinski definition) is 4. The zero-order chi connectivity index (χ0) is 16.2. The van der Waals surface area contributed by atoms with Crippen molar-refractivity contribution in [2.75, 3.05) is 5.73 Å². The zero-order valence-corrected chi connectivity index (χ0v) is 12.1. The van der Waals surface area contributed by atoms with Gasteiger partial charge in [-0.25, -0.2) is 14.0 Å². The number of ether oxygens (including phenoxy) is 1. The third kappa shape index (κ3) is 5.68. The van der Waals surface area contributed by atoms with Gasteiger partial charge in [-0.2, -0.15) is 0 Å². The van der Waals surface area contributed by atoms with Crippen molar-refractivity contribution in [1.29, 1.82) is 0 Å². The van der Waals surface area contributed by atoms with Crippen LogP contribution in [0.3, 0.4) is 0 Å². The molecule has 21 heavy (non-hydrogen) atoms. The molecule has 1 atom stereocenters. The number of rotatable bonds is 4. The summed E-state index contributed by atoms with van der Waals surface area (Å²) in [5, 5.41) is 11.4. The second kappa shape index (κ2) is 6.43. The lowest BCUT2D eigenvalue weighted by Gasteiger charge is -2.22. The van der Waals surface area contributed by atoms with Gasteiger partial charge in [0, 0.05) is 6.42 Å². The van der Waals surface area contributed by atoms with Gasteiger partial charge in [0.2, 0.25) is 0 Å². The molecule has 4 N–H and O–H groups in total. The molecule has 1 rings (SSSR count). The van der Waals surface area contributed by atoms with E-state index in [9.17, 15) is 14.0 Å². The zero-order valence-electron chi connectivity index (χ0n) is 12.1. The molecule has 0 aliphatic carbocycles. The molecule has 1 amide bonds. The van der Waals surface area contributed by atoms with Crippen LogP contribution in [0.25, 0.3) is 0 Å². The number of anilines is 1. The van der Waals surface area contributed by atoms with Gasteiger partial charge >= 0.3 is 12.1 Å². The van der Waals surface area contributed by atoms with E-state index in [2.05, 4.69) is 5.32 Å². The minimum absolute atomic E-state index is 0.0225. The van der Waals surface area contributed by atoms with E-state index in [-0.39, 0.29) is 12.1 Å². The topological polar surface area (TPSA) is 102 Å². The van der Waals surface area contributed by atoms with Crippen LogP contribution in [-0.2, 0) is 16.0 Å². The van der Waals surface area contributed by atoms with Gasteiger partial charge < -0.3 is 20.9 Å². The highest BCUT2D eigenvalue weighted by atomic mass is 19.1. The van der Waals surface area contributed by atoms with Gasteiger partial charge in [-0.05, 0) is 38.5 Å². The lowest BCUT2D eigenvalue weighted by molar-refractivity contribution is -0.139. The minimum atomic E-state index is -1.24. The van der Waals surface area contributed by atoms with E-state index >= 15 is 0 Å². The highest BCUT2D eigenvalue weighted by Gasteiger charge is 2.24. The van der Waals surface area contributed by atoms with E-state index in [0.717, 1.165) is 6.07 Å². The van der Waals surface area contributed by atoms with Gasteiger partial charge in [-0.15, -0.1) is 0 Å². The fourth-order valence-corrected chi connectivity index (χ4v) is 1.58. The van der Waals surface area contributed by atoms with Crippen molar-refractivity contribution in [3.63, 3.8) is 0 Å². The average Bonchev–Trinajstić information content (AvgIpc) is 2.30. The molecule has 6 nitrogen and oxygen atoms in total. The number of nitrogens with two attached hydrogens (primary N) is 1. The molecule has 0 unspecified atom stereocenters. The number of nitrogens with one attached hydrogen (secondary N) is 1. The Balaban J connectivity index is 2.76. The number of carbonyl (C=O) groups excluding carboxylic acids is 1. The Morgan fingerprint density at radius 1 is 1.43 bits per heavy atom. The third-order valence-electron chi connectivity index (χ3n) is 2.49. The first-order valence-corrected chi connectivity index (χ1v) is 6.34. The SMILES string of the molecule is CC(C)(C)OC(=O)N[C@H](Cc1ccc(N)c(F)c1)C(=O)O. The molecule has 0 heterocycles. The predicted molar refractivity (Wildman–Crippen MR) is 75.3 cm³/mol. The van der Waals surface area contributed by atoms with Gasteiger partial charge in [-0.1, -0.05) is 6.07 Å². The van der Waals surface area contributed by atoms with Crippen molar-refractivity contribution < 1.29 is 23.8 Å². The lowest BCUT2D eigenvalue weighted by atomic mass is 10.1. The molecular formula is C14H19FN2O4. The number of amides is 1. The minimum Gasteiger partial charge on any atom is -0.480 e. The van der Waals surface area contributed by atoms with Gasteiger partial charge in [0.05, 0.1) is 5.69 Å². The Kier molecular flexibility index (Phi) is 5.12. The van der Waals surface area contributed by atoms with Crippen molar-refractivity contribution in [3.8, 4) is 0 Å². The number of hydrogen-bond donors (Lipinski definition) is 3. The first-order valence-electron chi connectivity index (χ1n) is 6.34. The summed E-state index contributed by atoms with van der Waals surface area (Å²) in [6.07, 6.45) is -0.919. The van der Waals surface area contributed by atoms with Crippen LogP contribution in [0.15, 0.2) is 18.2 Å². The molecule has 0 saturated heterocycles. The van der Waals surface area contributed by atoms with Gasteiger partial charge in [0.25, 0.3) is 0 Å². The summed E-state index contributed by atoms with van der Waals surface area (Å²) in [5.74, 6) is -1.87. The van der Waals surface area contributed by atoms with Crippen molar-refractivity contribution >= 4 is 17.7 Å². The van der Waals surface area contributed by atoms with Gasteiger partial charge in [-0.3, -0.25) is 0 Å². The number of aliphatic carboxylic acids is 1. The fourth-order valence-electron chi connectivity index (χ4n) is 1.58. The monoisotopic (exact) mass is 298 g/mol. The number of carboxylic acids is 1. The summed E-state index contributed by atoms with van der Waals surface area (Å²) in [6.45, 7) is 4.99. The Morgan fingerprint density at radius 3 is 2.52 bits per heavy atom.